The molecular weight excluding hydrogens is 202 g/mol. The van der Waals surface area contributed by atoms with E-state index in [4.69, 9.17) is 9.79 Å². The third-order valence-electron chi connectivity index (χ3n) is 0. The van der Waals surface area contributed by atoms with E-state index in [9.17, 15) is 0 Å². The number of hydrogen-bond acceptors (Lipinski definition) is 2. The van der Waals surface area contributed by atoms with E-state index in [-0.39, 0.29) is 13.5 Å². The molecule has 0 aliphatic carbocycles. The quantitative estimate of drug-likeness (QED) is 0.276. The number of thiol groups is 1. The molecule has 0 aliphatic rings. The summed E-state index contributed by atoms with van der Waals surface area (Å²) >= 11 is -3.70. The van der Waals surface area contributed by atoms with Crippen LogP contribution in [-0.4, -0.2) is 27.8 Å². The summed E-state index contributed by atoms with van der Waals surface area (Å²) in [5, 5.41) is 0. The zero-order valence-electron chi connectivity index (χ0n) is 2.20. The minimum Gasteiger partial charge on any atom is -0.813 e. The molecule has 0 bridgehead atoms. The zero-order chi connectivity index (χ0) is 3.58. The van der Waals surface area contributed by atoms with Crippen LogP contribution in [0.3, 0.4) is 0 Å². The minimum atomic E-state index is -3.70. The summed E-state index contributed by atoms with van der Waals surface area (Å²) in [6.45, 7) is 0. The second-order valence-electron chi connectivity index (χ2n) is 0.253. The molecule has 1 radical (unpaired) electrons. The standard InChI is InChI=1S/2H2O.O.H2S.Sb/h2*1H2;;1H2;/q;;;;+2/p-3. The molecular formula is H3O3SSb-. The van der Waals surface area contributed by atoms with Crippen LogP contribution in [0.25, 0.3) is 0 Å². The molecule has 0 atom stereocenters. The van der Waals surface area contributed by atoms with Gasteiger partial charge in [0.15, 0.2) is 0 Å². The number of hydrogen-bond donors (Lipinski definition) is 2. The van der Waals surface area contributed by atoms with Gasteiger partial charge in [-0.3, -0.25) is 0 Å². The van der Waals surface area contributed by atoms with Gasteiger partial charge in [-0.25, -0.2) is 0 Å². The summed E-state index contributed by atoms with van der Waals surface area (Å²) < 4.78 is 23.3. The van der Waals surface area contributed by atoms with Crippen molar-refractivity contribution in [3.8, 4) is 0 Å². The van der Waals surface area contributed by atoms with Gasteiger partial charge >= 0.3 is 30.8 Å². The smallest absolute Gasteiger partial charge is 0.813 e. The van der Waals surface area contributed by atoms with Gasteiger partial charge < -0.3 is 13.5 Å². The van der Waals surface area contributed by atoms with E-state index in [0.29, 0.717) is 0 Å². The van der Waals surface area contributed by atoms with E-state index in [2.05, 4.69) is 0 Å². The molecule has 3 nitrogen and oxygen atoms in total. The largest absolute Gasteiger partial charge is 0.813 e. The Bertz CT molecular complexity index is 29.9. The molecule has 2 N–H and O–H groups in total. The summed E-state index contributed by atoms with van der Waals surface area (Å²) in [6, 6.07) is 0. The topological polar surface area (TPSA) is 57.5 Å². The Morgan fingerprint density at radius 1 is 1.40 bits per heavy atom. The Labute approximate surface area is 44.5 Å². The summed E-state index contributed by atoms with van der Waals surface area (Å²) in [7, 11) is 0. The molecule has 5 heteroatoms. The van der Waals surface area contributed by atoms with Gasteiger partial charge in [0.1, 0.15) is 0 Å². The van der Waals surface area contributed by atoms with Crippen molar-refractivity contribution in [1.82, 2.24) is 0 Å². The average molecular weight is 205 g/mol. The zero-order valence-corrected chi connectivity index (χ0v) is 5.64. The molecule has 33 valence electrons. The first-order valence-electron chi connectivity index (χ1n) is 0.583. The van der Waals surface area contributed by atoms with Crippen LogP contribution in [0.15, 0.2) is 0 Å². The van der Waals surface area contributed by atoms with E-state index < -0.39 is 21.0 Å². The fourth-order valence-electron chi connectivity index (χ4n) is 0. The first-order chi connectivity index (χ1) is 1.73. The Morgan fingerprint density at radius 3 is 1.40 bits per heavy atom. The summed E-state index contributed by atoms with van der Waals surface area (Å²) in [6.07, 6.45) is 0. The van der Waals surface area contributed by atoms with Crippen molar-refractivity contribution in [2.24, 2.45) is 0 Å². The summed E-state index contributed by atoms with van der Waals surface area (Å²) in [5.41, 5.74) is 0. The van der Waals surface area contributed by atoms with Gasteiger partial charge in [0.25, 0.3) is 0 Å². The van der Waals surface area contributed by atoms with Gasteiger partial charge in [0.2, 0.25) is 0 Å². The van der Waals surface area contributed by atoms with Gasteiger partial charge in [-0.15, -0.1) is 0 Å². The summed E-state index contributed by atoms with van der Waals surface area (Å²) in [4.78, 5) is 0. The molecule has 0 fully saturated rings. The molecule has 0 aromatic rings. The first kappa shape index (κ1) is 9.31. The van der Waals surface area contributed by atoms with Crippen molar-refractivity contribution in [2.45, 2.75) is 0 Å². The van der Waals surface area contributed by atoms with E-state index in [1.165, 1.54) is 0 Å². The van der Waals surface area contributed by atoms with Crippen LogP contribution in [0.4, 0.5) is 0 Å². The van der Waals surface area contributed by atoms with Crippen LogP contribution < -0.4 is 0 Å². The van der Waals surface area contributed by atoms with Gasteiger partial charge in [-0.2, -0.15) is 0 Å². The van der Waals surface area contributed by atoms with Crippen molar-refractivity contribution in [3.63, 3.8) is 0 Å². The maximum atomic E-state index is 8.82. The molecule has 5 heavy (non-hydrogen) atoms. The molecule has 0 saturated carbocycles. The maximum Gasteiger partial charge on any atom is -0.813 e. The predicted octanol–water partition coefficient (Wildman–Crippen LogP) is -1.88. The van der Waals surface area contributed by atoms with E-state index in [0.717, 1.165) is 0 Å². The SMILES string of the molecule is [O]=[Sb]([OH])[OH].[SH-]. The molecule has 0 heterocycles. The maximum absolute atomic E-state index is 8.82. The van der Waals surface area contributed by atoms with Crippen LogP contribution in [0, 0.1) is 0 Å². The molecule has 0 rings (SSSR count). The van der Waals surface area contributed by atoms with E-state index in [1.54, 1.807) is 0 Å². The van der Waals surface area contributed by atoms with Gasteiger partial charge in [-0.05, 0) is 0 Å². The van der Waals surface area contributed by atoms with Crippen molar-refractivity contribution in [2.75, 3.05) is 0 Å². The summed E-state index contributed by atoms with van der Waals surface area (Å²) in [5.74, 6) is 0. The molecule has 0 aromatic carbocycles. The molecule has 0 unspecified atom stereocenters. The fraction of sp³-hybridized carbons (Fsp3) is 0. The molecule has 0 spiro atoms. The Morgan fingerprint density at radius 2 is 1.40 bits per heavy atom. The molecule has 0 aliphatic heterocycles. The normalized spacial score (nSPS) is 5.20. The van der Waals surface area contributed by atoms with Crippen molar-refractivity contribution < 1.29 is 9.79 Å². The van der Waals surface area contributed by atoms with Crippen LogP contribution in [0.1, 0.15) is 0 Å². The van der Waals surface area contributed by atoms with Crippen LogP contribution in [0.2, 0.25) is 0 Å². The van der Waals surface area contributed by atoms with Gasteiger partial charge in [0, 0.05) is 0 Å². The van der Waals surface area contributed by atoms with Gasteiger partial charge in [0.05, 0.1) is 0 Å². The van der Waals surface area contributed by atoms with Crippen molar-refractivity contribution >= 4 is 34.5 Å². The second-order valence-corrected chi connectivity index (χ2v) is 1.70. The van der Waals surface area contributed by atoms with E-state index >= 15 is 0 Å². The average Bonchev–Trinajstić information content (AvgIpc) is 0.811. The second kappa shape index (κ2) is 4.89. The van der Waals surface area contributed by atoms with Crippen molar-refractivity contribution in [1.29, 1.82) is 0 Å². The Balaban J connectivity index is 0. The number of rotatable bonds is 0. The van der Waals surface area contributed by atoms with Crippen LogP contribution >= 0.6 is 0 Å². The third kappa shape index (κ3) is 51.7. The van der Waals surface area contributed by atoms with Crippen LogP contribution in [0.5, 0.6) is 0 Å². The van der Waals surface area contributed by atoms with Crippen molar-refractivity contribution in [3.05, 3.63) is 0 Å². The monoisotopic (exact) mass is 204 g/mol. The third-order valence-corrected chi connectivity index (χ3v) is 0. The van der Waals surface area contributed by atoms with Gasteiger partial charge in [-0.1, -0.05) is 0 Å². The minimum absolute atomic E-state index is 0. The van der Waals surface area contributed by atoms with Crippen LogP contribution in [-0.2, 0) is 16.5 Å². The Hall–Kier alpha value is 0.888. The molecule has 0 saturated heterocycles. The fourth-order valence-corrected chi connectivity index (χ4v) is 0. The predicted molar refractivity (Wildman–Crippen MR) is 19.6 cm³/mol. The Kier molecular flexibility index (Phi) is 9.10. The van der Waals surface area contributed by atoms with E-state index in [1.807, 2.05) is 0 Å². The first-order valence-corrected chi connectivity index (χ1v) is 3.91. The molecule has 0 amide bonds. The molecule has 0 aromatic heterocycles.